The number of carbonyl (C=O) groups is 1. The fourth-order valence-corrected chi connectivity index (χ4v) is 1.96. The number of carboxylic acids is 1. The number of allylic oxidation sites excluding steroid dienone is 1. The van der Waals surface area contributed by atoms with Crippen molar-refractivity contribution in [3.05, 3.63) is 10.1 Å². The molecule has 0 aliphatic heterocycles. The predicted octanol–water partition coefficient (Wildman–Crippen LogP) is 2.93. The van der Waals surface area contributed by atoms with E-state index in [1.54, 1.807) is 0 Å². The van der Waals surface area contributed by atoms with E-state index in [-0.39, 0.29) is 5.41 Å². The molecule has 0 aromatic heterocycles. The number of hydrogen-bond donors (Lipinski definition) is 1. The van der Waals surface area contributed by atoms with Gasteiger partial charge in [0.15, 0.2) is 0 Å². The lowest BCUT2D eigenvalue weighted by Crippen LogP contribution is -2.20. The second-order valence-electron chi connectivity index (χ2n) is 4.03. The summed E-state index contributed by atoms with van der Waals surface area (Å²) in [6.07, 6.45) is 2.59. The van der Waals surface area contributed by atoms with E-state index in [2.05, 4.69) is 29.8 Å². The van der Waals surface area contributed by atoms with Gasteiger partial charge in [0.2, 0.25) is 0 Å². The minimum Gasteiger partial charge on any atom is -0.478 e. The molecule has 0 unspecified atom stereocenters. The Balaban J connectivity index is 2.89. The monoisotopic (exact) mass is 232 g/mol. The molecule has 0 bridgehead atoms. The molecule has 0 aromatic carbocycles. The maximum atomic E-state index is 10.8. The third-order valence-corrected chi connectivity index (χ3v) is 3.14. The van der Waals surface area contributed by atoms with Gasteiger partial charge in [-0.3, -0.25) is 0 Å². The van der Waals surface area contributed by atoms with Gasteiger partial charge in [-0.05, 0) is 24.7 Å². The summed E-state index contributed by atoms with van der Waals surface area (Å²) in [5, 5.41) is 8.85. The van der Waals surface area contributed by atoms with Crippen molar-refractivity contribution < 1.29 is 9.90 Å². The van der Waals surface area contributed by atoms with Gasteiger partial charge < -0.3 is 5.11 Å². The summed E-state index contributed by atoms with van der Waals surface area (Å²) in [6.45, 7) is 4.21. The van der Waals surface area contributed by atoms with Gasteiger partial charge in [0.25, 0.3) is 0 Å². The first-order valence-corrected chi connectivity index (χ1v) is 4.82. The zero-order valence-electron chi connectivity index (χ0n) is 7.35. The van der Waals surface area contributed by atoms with E-state index >= 15 is 0 Å². The summed E-state index contributed by atoms with van der Waals surface area (Å²) in [7, 11) is 0. The smallest absolute Gasteiger partial charge is 0.332 e. The average Bonchev–Trinajstić information content (AvgIpc) is 1.94. The molecule has 0 saturated heterocycles. The first-order chi connectivity index (χ1) is 5.42. The number of aliphatic carboxylic acids is 1. The topological polar surface area (TPSA) is 37.3 Å². The molecule has 1 rings (SSSR count). The van der Waals surface area contributed by atoms with Gasteiger partial charge in [0.1, 0.15) is 0 Å². The summed E-state index contributed by atoms with van der Waals surface area (Å²) in [4.78, 5) is 10.8. The van der Waals surface area contributed by atoms with Crippen LogP contribution in [0.15, 0.2) is 10.1 Å². The van der Waals surface area contributed by atoms with Crippen LogP contribution in [0.25, 0.3) is 0 Å². The average molecular weight is 233 g/mol. The molecule has 3 heteroatoms. The first-order valence-electron chi connectivity index (χ1n) is 4.03. The van der Waals surface area contributed by atoms with Crippen LogP contribution >= 0.6 is 15.9 Å². The van der Waals surface area contributed by atoms with Crippen molar-refractivity contribution >= 4 is 21.9 Å². The first kappa shape index (κ1) is 9.78. The van der Waals surface area contributed by atoms with Crippen LogP contribution in [-0.4, -0.2) is 11.1 Å². The lowest BCUT2D eigenvalue weighted by molar-refractivity contribution is -0.133. The maximum Gasteiger partial charge on any atom is 0.332 e. The zero-order valence-corrected chi connectivity index (χ0v) is 8.94. The van der Waals surface area contributed by atoms with Gasteiger partial charge in [-0.15, -0.1) is 0 Å². The molecule has 1 N–H and O–H groups in total. The van der Waals surface area contributed by atoms with E-state index < -0.39 is 5.97 Å². The van der Waals surface area contributed by atoms with Gasteiger partial charge in [0, 0.05) is 10.1 Å². The summed E-state index contributed by atoms with van der Waals surface area (Å²) in [5.41, 5.74) is 0.691. The van der Waals surface area contributed by atoms with Crippen molar-refractivity contribution in [3.8, 4) is 0 Å². The van der Waals surface area contributed by atoms with Crippen molar-refractivity contribution in [3.63, 3.8) is 0 Å². The van der Waals surface area contributed by atoms with Gasteiger partial charge in [-0.1, -0.05) is 29.8 Å². The highest BCUT2D eigenvalue weighted by Gasteiger charge is 2.29. The number of halogens is 1. The second-order valence-corrected chi connectivity index (χ2v) is 4.99. The number of hydrogen-bond acceptors (Lipinski definition) is 1. The summed E-state index contributed by atoms with van der Waals surface area (Å²) in [6, 6.07) is 0. The Morgan fingerprint density at radius 2 is 2.17 bits per heavy atom. The van der Waals surface area contributed by atoms with E-state index in [4.69, 9.17) is 5.11 Å². The van der Waals surface area contributed by atoms with Crippen molar-refractivity contribution in [1.82, 2.24) is 0 Å². The minimum atomic E-state index is -0.783. The number of rotatable bonds is 1. The molecule has 1 aliphatic carbocycles. The van der Waals surface area contributed by atoms with Crippen LogP contribution in [0.3, 0.4) is 0 Å². The Kier molecular flexibility index (Phi) is 2.61. The molecule has 68 valence electrons. The van der Waals surface area contributed by atoms with E-state index in [1.165, 1.54) is 0 Å². The van der Waals surface area contributed by atoms with Crippen molar-refractivity contribution in [2.24, 2.45) is 5.41 Å². The Bertz CT molecular complexity index is 241. The van der Waals surface area contributed by atoms with Crippen molar-refractivity contribution in [2.45, 2.75) is 33.1 Å². The lowest BCUT2D eigenvalue weighted by atomic mass is 9.77. The van der Waals surface area contributed by atoms with E-state index in [0.29, 0.717) is 12.0 Å². The molecule has 0 atom stereocenters. The molecule has 1 aliphatic rings. The van der Waals surface area contributed by atoms with E-state index in [9.17, 15) is 4.79 Å². The Morgan fingerprint density at radius 1 is 1.58 bits per heavy atom. The van der Waals surface area contributed by atoms with Crippen LogP contribution in [0, 0.1) is 5.41 Å². The fraction of sp³-hybridized carbons (Fsp3) is 0.667. The second kappa shape index (κ2) is 3.21. The van der Waals surface area contributed by atoms with E-state index in [0.717, 1.165) is 17.3 Å². The number of carboxylic acid groups (broad SMARTS) is 1. The highest BCUT2D eigenvalue weighted by atomic mass is 79.9. The largest absolute Gasteiger partial charge is 0.478 e. The normalized spacial score (nSPS) is 22.6. The maximum absolute atomic E-state index is 10.8. The third-order valence-electron chi connectivity index (χ3n) is 2.26. The molecule has 12 heavy (non-hydrogen) atoms. The Morgan fingerprint density at radius 3 is 2.58 bits per heavy atom. The van der Waals surface area contributed by atoms with E-state index in [1.807, 2.05) is 0 Å². The van der Waals surface area contributed by atoms with Crippen LogP contribution < -0.4 is 0 Å². The molecular formula is C9H13BrO2. The van der Waals surface area contributed by atoms with Gasteiger partial charge in [-0.2, -0.15) is 0 Å². The predicted molar refractivity (Wildman–Crippen MR) is 51.2 cm³/mol. The quantitative estimate of drug-likeness (QED) is 0.755. The van der Waals surface area contributed by atoms with Crippen molar-refractivity contribution in [1.29, 1.82) is 0 Å². The molecule has 0 radical (unpaired) electrons. The van der Waals surface area contributed by atoms with Gasteiger partial charge >= 0.3 is 5.97 Å². The summed E-state index contributed by atoms with van der Waals surface area (Å²) >= 11 is 3.31. The Labute approximate surface area is 80.8 Å². The fourth-order valence-electron chi connectivity index (χ4n) is 1.45. The summed E-state index contributed by atoms with van der Waals surface area (Å²) < 4.78 is 0.870. The van der Waals surface area contributed by atoms with Gasteiger partial charge in [-0.25, -0.2) is 4.79 Å². The SMILES string of the molecule is CC1(C)CCC(Br)=C(C(=O)O)C1. The van der Waals surface area contributed by atoms with Crippen LogP contribution in [0.1, 0.15) is 33.1 Å². The highest BCUT2D eigenvalue weighted by molar-refractivity contribution is 9.11. The molecular weight excluding hydrogens is 220 g/mol. The van der Waals surface area contributed by atoms with Crippen LogP contribution in [0.4, 0.5) is 0 Å². The third kappa shape index (κ3) is 2.09. The van der Waals surface area contributed by atoms with Crippen LogP contribution in [-0.2, 0) is 4.79 Å². The van der Waals surface area contributed by atoms with Crippen LogP contribution in [0.2, 0.25) is 0 Å². The molecule has 0 spiro atoms. The lowest BCUT2D eigenvalue weighted by Gasteiger charge is -2.29. The minimum absolute atomic E-state index is 0.144. The molecule has 0 heterocycles. The molecule has 2 nitrogen and oxygen atoms in total. The molecule has 0 saturated carbocycles. The van der Waals surface area contributed by atoms with Gasteiger partial charge in [0.05, 0.1) is 0 Å². The Hall–Kier alpha value is -0.310. The highest BCUT2D eigenvalue weighted by Crippen LogP contribution is 2.40. The zero-order chi connectivity index (χ0) is 9.35. The molecule has 0 amide bonds. The molecule has 0 aromatic rings. The van der Waals surface area contributed by atoms with Crippen molar-refractivity contribution in [2.75, 3.05) is 0 Å². The van der Waals surface area contributed by atoms with Crippen LogP contribution in [0.5, 0.6) is 0 Å². The standard InChI is InChI=1S/C9H13BrO2/c1-9(2)4-3-7(10)6(5-9)8(11)12/h3-5H2,1-2H3,(H,11,12). The molecule has 0 fully saturated rings. The summed E-state index contributed by atoms with van der Waals surface area (Å²) in [5.74, 6) is -0.783.